The summed E-state index contributed by atoms with van der Waals surface area (Å²) in [5.41, 5.74) is -2.16. The van der Waals surface area contributed by atoms with Gasteiger partial charge in [0.25, 0.3) is 0 Å². The molecule has 0 amide bonds. The Morgan fingerprint density at radius 2 is 1.65 bits per heavy atom. The number of carboxylic acid groups (broad SMARTS) is 1. The topological polar surface area (TPSA) is 91.7 Å². The minimum Gasteiger partial charge on any atom is -0.481 e. The third kappa shape index (κ3) is 4.38. The Morgan fingerprint density at radius 3 is 1.95 bits per heavy atom. The summed E-state index contributed by atoms with van der Waals surface area (Å²) in [6.07, 6.45) is -0.0680. The van der Waals surface area contributed by atoms with E-state index in [-0.39, 0.29) is 23.1 Å². The molecule has 0 aliphatic heterocycles. The summed E-state index contributed by atoms with van der Waals surface area (Å²) in [5.74, 6) is -2.19. The highest BCUT2D eigenvalue weighted by molar-refractivity contribution is 5.98. The van der Waals surface area contributed by atoms with Gasteiger partial charge in [-0.05, 0) is 6.42 Å². The maximum Gasteiger partial charge on any atom is 0.307 e. The zero-order chi connectivity index (χ0) is 16.1. The molecule has 0 radical (unpaired) electrons. The van der Waals surface area contributed by atoms with E-state index in [1.807, 2.05) is 0 Å². The van der Waals surface area contributed by atoms with Crippen LogP contribution in [0.25, 0.3) is 0 Å². The molecule has 2 N–H and O–H groups in total. The molecule has 0 aromatic rings. The molecule has 0 aliphatic rings. The Hall–Kier alpha value is -1.27. The van der Waals surface area contributed by atoms with Gasteiger partial charge in [0.15, 0.2) is 23.2 Å². The third-order valence-corrected chi connectivity index (χ3v) is 3.26. The van der Waals surface area contributed by atoms with Gasteiger partial charge in [0.1, 0.15) is 0 Å². The fourth-order valence-electron chi connectivity index (χ4n) is 2.55. The number of nitrogens with zero attached hydrogens (tertiary/aromatic N) is 1. The summed E-state index contributed by atoms with van der Waals surface area (Å²) in [6, 6.07) is -1.08. The van der Waals surface area contributed by atoms with Gasteiger partial charge >= 0.3 is 5.97 Å². The first-order chi connectivity index (χ1) is 9.00. The van der Waals surface area contributed by atoms with Crippen molar-refractivity contribution in [1.82, 2.24) is 0 Å². The number of likely N-dealkylation sites (N-methyl/N-ethyl adjacent to an activating group) is 1. The number of rotatable bonds is 9. The van der Waals surface area contributed by atoms with Crippen molar-refractivity contribution in [2.45, 2.75) is 51.2 Å². The number of aliphatic carboxylic acids is 1. The van der Waals surface area contributed by atoms with Crippen LogP contribution >= 0.6 is 0 Å². The van der Waals surface area contributed by atoms with E-state index in [0.717, 1.165) is 0 Å². The molecule has 6 heteroatoms. The molecule has 6 nitrogen and oxygen atoms in total. The molecule has 0 fully saturated rings. The van der Waals surface area contributed by atoms with Crippen LogP contribution in [0.1, 0.15) is 39.5 Å². The van der Waals surface area contributed by atoms with Gasteiger partial charge in [-0.3, -0.25) is 14.4 Å². The van der Waals surface area contributed by atoms with Crippen LogP contribution in [0.4, 0.5) is 0 Å². The molecular formula is C14H26NO5+. The quantitative estimate of drug-likeness (QED) is 0.607. The molecule has 0 aliphatic carbocycles. The molecule has 0 saturated carbocycles. The van der Waals surface area contributed by atoms with E-state index in [1.54, 1.807) is 35.0 Å². The van der Waals surface area contributed by atoms with Gasteiger partial charge in [-0.2, -0.15) is 0 Å². The van der Waals surface area contributed by atoms with Crippen LogP contribution < -0.4 is 0 Å². The lowest BCUT2D eigenvalue weighted by Gasteiger charge is -2.41. The Labute approximate surface area is 120 Å². The molecule has 116 valence electrons. The van der Waals surface area contributed by atoms with Crippen molar-refractivity contribution in [2.24, 2.45) is 0 Å². The smallest absolute Gasteiger partial charge is 0.307 e. The fourth-order valence-corrected chi connectivity index (χ4v) is 2.55. The Balaban J connectivity index is 5.83. The molecular weight excluding hydrogens is 262 g/mol. The largest absolute Gasteiger partial charge is 0.481 e. The molecule has 0 rings (SSSR count). The van der Waals surface area contributed by atoms with Gasteiger partial charge < -0.3 is 14.7 Å². The van der Waals surface area contributed by atoms with E-state index < -0.39 is 29.8 Å². The van der Waals surface area contributed by atoms with Gasteiger partial charge in [0.2, 0.25) is 0 Å². The number of ketones is 2. The number of carbonyl (C=O) groups is 3. The highest BCUT2D eigenvalue weighted by atomic mass is 16.4. The second-order valence-electron chi connectivity index (χ2n) is 6.01. The molecule has 0 heterocycles. The van der Waals surface area contributed by atoms with Crippen molar-refractivity contribution in [2.75, 3.05) is 21.1 Å². The SMILES string of the molecule is CCCC(=O)[C@@](O)(CC(=O)O)C(C(=O)CC)[N+](C)(C)C. The number of quaternary nitrogens is 1. The second-order valence-corrected chi connectivity index (χ2v) is 6.01. The van der Waals surface area contributed by atoms with Crippen molar-refractivity contribution in [3.63, 3.8) is 0 Å². The standard InChI is InChI=1S/C14H25NO5/c1-6-8-11(17)14(20,9-12(18)19)13(10(16)7-2)15(3,4)5/h13,20H,6-9H2,1-5H3/p+1/t13?,14-/m0/s1. The van der Waals surface area contributed by atoms with Crippen LogP contribution in [-0.2, 0) is 14.4 Å². The normalized spacial score (nSPS) is 16.3. The Morgan fingerprint density at radius 1 is 1.15 bits per heavy atom. The zero-order valence-corrected chi connectivity index (χ0v) is 13.0. The molecule has 2 atom stereocenters. The molecule has 0 aromatic heterocycles. The molecule has 0 saturated heterocycles. The van der Waals surface area contributed by atoms with Crippen molar-refractivity contribution in [3.05, 3.63) is 0 Å². The van der Waals surface area contributed by atoms with Crippen molar-refractivity contribution >= 4 is 17.5 Å². The average molecular weight is 288 g/mol. The third-order valence-electron chi connectivity index (χ3n) is 3.26. The predicted octanol–water partition coefficient (Wildman–Crippen LogP) is 0.615. The van der Waals surface area contributed by atoms with E-state index >= 15 is 0 Å². The van der Waals surface area contributed by atoms with Crippen molar-refractivity contribution < 1.29 is 29.1 Å². The summed E-state index contributed by atoms with van der Waals surface area (Å²) in [4.78, 5) is 35.4. The maximum absolute atomic E-state index is 12.2. The molecule has 1 unspecified atom stereocenters. The predicted molar refractivity (Wildman–Crippen MR) is 74.2 cm³/mol. The highest BCUT2D eigenvalue weighted by Crippen LogP contribution is 2.27. The Kier molecular flexibility index (Phi) is 6.50. The van der Waals surface area contributed by atoms with Gasteiger partial charge in [-0.1, -0.05) is 13.8 Å². The number of carbonyl (C=O) groups excluding carboxylic acids is 2. The minimum atomic E-state index is -2.16. The first-order valence-electron chi connectivity index (χ1n) is 6.82. The van der Waals surface area contributed by atoms with Crippen molar-refractivity contribution in [1.29, 1.82) is 0 Å². The average Bonchev–Trinajstić information content (AvgIpc) is 2.26. The van der Waals surface area contributed by atoms with Gasteiger partial charge in [-0.15, -0.1) is 0 Å². The minimum absolute atomic E-state index is 0.00586. The molecule has 20 heavy (non-hydrogen) atoms. The number of Topliss-reactive ketones (excluding diaryl/α,β-unsaturated/α-hetero) is 2. The summed E-state index contributed by atoms with van der Waals surface area (Å²) in [7, 11) is 5.01. The molecule has 0 bridgehead atoms. The number of carboxylic acids is 1. The van der Waals surface area contributed by atoms with Gasteiger partial charge in [-0.25, -0.2) is 0 Å². The van der Waals surface area contributed by atoms with Crippen LogP contribution in [0.2, 0.25) is 0 Å². The lowest BCUT2D eigenvalue weighted by Crippen LogP contribution is -2.66. The van der Waals surface area contributed by atoms with E-state index in [2.05, 4.69) is 0 Å². The van der Waals surface area contributed by atoms with E-state index in [1.165, 1.54) is 0 Å². The van der Waals surface area contributed by atoms with Gasteiger partial charge in [0, 0.05) is 12.8 Å². The summed E-state index contributed by atoms with van der Waals surface area (Å²) < 4.78 is 0.00586. The monoisotopic (exact) mass is 288 g/mol. The Bertz CT molecular complexity index is 386. The lowest BCUT2D eigenvalue weighted by molar-refractivity contribution is -0.892. The van der Waals surface area contributed by atoms with Crippen LogP contribution in [-0.4, -0.2) is 65.0 Å². The first-order valence-corrected chi connectivity index (χ1v) is 6.82. The highest BCUT2D eigenvalue weighted by Gasteiger charge is 2.54. The summed E-state index contributed by atoms with van der Waals surface area (Å²) in [5, 5.41) is 19.7. The number of aliphatic hydroxyl groups is 1. The maximum atomic E-state index is 12.2. The van der Waals surface area contributed by atoms with E-state index in [9.17, 15) is 19.5 Å². The second kappa shape index (κ2) is 6.95. The summed E-state index contributed by atoms with van der Waals surface area (Å²) >= 11 is 0. The zero-order valence-electron chi connectivity index (χ0n) is 13.0. The first kappa shape index (κ1) is 18.7. The van der Waals surface area contributed by atoms with Crippen LogP contribution in [0, 0.1) is 0 Å². The number of hydrogen-bond acceptors (Lipinski definition) is 4. The molecule has 0 spiro atoms. The fraction of sp³-hybridized carbons (Fsp3) is 0.786. The van der Waals surface area contributed by atoms with Crippen LogP contribution in [0.5, 0.6) is 0 Å². The van der Waals surface area contributed by atoms with E-state index in [4.69, 9.17) is 5.11 Å². The summed E-state index contributed by atoms with van der Waals surface area (Å²) in [6.45, 7) is 3.40. The van der Waals surface area contributed by atoms with Crippen molar-refractivity contribution in [3.8, 4) is 0 Å². The number of hydrogen-bond donors (Lipinski definition) is 2. The van der Waals surface area contributed by atoms with Crippen LogP contribution in [0.15, 0.2) is 0 Å². The molecule has 0 aromatic carbocycles. The van der Waals surface area contributed by atoms with Gasteiger partial charge in [0.05, 0.1) is 27.6 Å². The lowest BCUT2D eigenvalue weighted by atomic mass is 9.80. The van der Waals surface area contributed by atoms with Crippen LogP contribution in [0.3, 0.4) is 0 Å². The van der Waals surface area contributed by atoms with E-state index in [0.29, 0.717) is 6.42 Å².